The van der Waals surface area contributed by atoms with Crippen LogP contribution >= 0.6 is 0 Å². The molecule has 2 saturated heterocycles. The summed E-state index contributed by atoms with van der Waals surface area (Å²) in [5.41, 5.74) is 0.758. The van der Waals surface area contributed by atoms with Gasteiger partial charge in [-0.15, -0.1) is 0 Å². The van der Waals surface area contributed by atoms with Crippen LogP contribution in [-0.4, -0.2) is 61.8 Å². The van der Waals surface area contributed by atoms with Crippen molar-refractivity contribution < 1.29 is 14.3 Å². The number of fused-ring (bicyclic) bond motifs is 1. The molecular weight excluding hydrogens is 318 g/mol. The Morgan fingerprint density at radius 2 is 1.76 bits per heavy atom. The molecule has 3 aliphatic heterocycles. The number of nitrogens with one attached hydrogen (secondary N) is 1. The summed E-state index contributed by atoms with van der Waals surface area (Å²) in [6, 6.07) is 5.54. The molecule has 1 N–H and O–H groups in total. The molecule has 2 amide bonds. The first kappa shape index (κ1) is 16.5. The van der Waals surface area contributed by atoms with E-state index in [9.17, 15) is 4.79 Å². The Morgan fingerprint density at radius 1 is 1.04 bits per heavy atom. The predicted molar refractivity (Wildman–Crippen MR) is 96.4 cm³/mol. The number of carbonyl (C=O) groups is 1. The van der Waals surface area contributed by atoms with Crippen LogP contribution in [0.3, 0.4) is 0 Å². The number of piperidine rings is 1. The molecule has 0 unspecified atom stereocenters. The maximum Gasteiger partial charge on any atom is 0.321 e. The molecule has 3 aliphatic rings. The minimum absolute atomic E-state index is 0.0173. The second-order valence-corrected chi connectivity index (χ2v) is 7.23. The van der Waals surface area contributed by atoms with Crippen LogP contribution in [-0.2, 0) is 0 Å². The maximum atomic E-state index is 12.5. The highest BCUT2D eigenvalue weighted by Crippen LogP contribution is 2.32. The van der Waals surface area contributed by atoms with Crippen LogP contribution in [0.5, 0.6) is 11.5 Å². The number of carbonyl (C=O) groups excluding carboxylic acids is 1. The summed E-state index contributed by atoms with van der Waals surface area (Å²) < 4.78 is 11.1. The average Bonchev–Trinajstić information content (AvgIpc) is 3.15. The molecule has 1 aromatic carbocycles. The first-order valence-corrected chi connectivity index (χ1v) is 9.46. The normalized spacial score (nSPS) is 21.4. The van der Waals surface area contributed by atoms with Crippen LogP contribution in [0.4, 0.5) is 10.5 Å². The number of amides is 2. The van der Waals surface area contributed by atoms with Crippen LogP contribution in [0.1, 0.15) is 25.7 Å². The van der Waals surface area contributed by atoms with Gasteiger partial charge in [-0.1, -0.05) is 0 Å². The molecule has 0 saturated carbocycles. The number of anilines is 1. The number of hydrogen-bond donors (Lipinski definition) is 1. The van der Waals surface area contributed by atoms with Gasteiger partial charge in [-0.25, -0.2) is 4.79 Å². The van der Waals surface area contributed by atoms with Crippen molar-refractivity contribution in [1.29, 1.82) is 0 Å². The predicted octanol–water partition coefficient (Wildman–Crippen LogP) is 2.80. The standard InChI is InChI=1S/C19H27N3O3/c23-19(20-16-3-4-17-18(13-16)25-12-11-24-17)22-9-5-15(6-10-22)14-21-7-1-2-8-21/h3-4,13,15H,1-2,5-12,14H2,(H,20,23). The molecule has 3 heterocycles. The third kappa shape index (κ3) is 4.00. The number of ether oxygens (including phenoxy) is 2. The van der Waals surface area contributed by atoms with E-state index >= 15 is 0 Å². The van der Waals surface area contributed by atoms with E-state index in [0.717, 1.165) is 43.3 Å². The van der Waals surface area contributed by atoms with Crippen molar-refractivity contribution in [3.8, 4) is 11.5 Å². The Bertz CT molecular complexity index is 608. The summed E-state index contributed by atoms with van der Waals surface area (Å²) in [6.45, 7) is 6.52. The van der Waals surface area contributed by atoms with Gasteiger partial charge in [0.05, 0.1) is 0 Å². The Morgan fingerprint density at radius 3 is 2.52 bits per heavy atom. The SMILES string of the molecule is O=C(Nc1ccc2c(c1)OCCO2)N1CCC(CN2CCCC2)CC1. The monoisotopic (exact) mass is 345 g/mol. The van der Waals surface area contributed by atoms with Gasteiger partial charge in [0.2, 0.25) is 0 Å². The number of likely N-dealkylation sites (tertiary alicyclic amines) is 2. The summed E-state index contributed by atoms with van der Waals surface area (Å²) in [6.07, 6.45) is 4.89. The molecule has 0 aliphatic carbocycles. The van der Waals surface area contributed by atoms with Crippen molar-refractivity contribution in [2.24, 2.45) is 5.92 Å². The third-order valence-corrected chi connectivity index (χ3v) is 5.41. The van der Waals surface area contributed by atoms with E-state index in [4.69, 9.17) is 9.47 Å². The van der Waals surface area contributed by atoms with Crippen molar-refractivity contribution in [1.82, 2.24) is 9.80 Å². The van der Waals surface area contributed by atoms with Crippen LogP contribution in [0.15, 0.2) is 18.2 Å². The fraction of sp³-hybridized carbons (Fsp3) is 0.632. The van der Waals surface area contributed by atoms with Crippen molar-refractivity contribution in [2.45, 2.75) is 25.7 Å². The smallest absolute Gasteiger partial charge is 0.321 e. The minimum atomic E-state index is -0.0173. The fourth-order valence-electron chi connectivity index (χ4n) is 3.97. The Labute approximate surface area is 149 Å². The number of benzene rings is 1. The zero-order chi connectivity index (χ0) is 17.1. The molecule has 0 radical (unpaired) electrons. The summed E-state index contributed by atoms with van der Waals surface area (Å²) in [7, 11) is 0. The molecule has 0 aromatic heterocycles. The van der Waals surface area contributed by atoms with E-state index in [1.165, 1.54) is 32.5 Å². The van der Waals surface area contributed by atoms with Gasteiger partial charge >= 0.3 is 6.03 Å². The lowest BCUT2D eigenvalue weighted by molar-refractivity contribution is 0.163. The van der Waals surface area contributed by atoms with Gasteiger partial charge in [-0.3, -0.25) is 0 Å². The van der Waals surface area contributed by atoms with Gasteiger partial charge in [-0.05, 0) is 56.8 Å². The Kier molecular flexibility index (Phi) is 4.97. The highest BCUT2D eigenvalue weighted by Gasteiger charge is 2.25. The molecule has 0 atom stereocenters. The summed E-state index contributed by atoms with van der Waals surface area (Å²) in [4.78, 5) is 17.0. The van der Waals surface area contributed by atoms with Gasteiger partial charge < -0.3 is 24.6 Å². The molecule has 25 heavy (non-hydrogen) atoms. The molecule has 0 bridgehead atoms. The molecule has 4 rings (SSSR count). The van der Waals surface area contributed by atoms with Crippen molar-refractivity contribution in [2.75, 3.05) is 51.3 Å². The van der Waals surface area contributed by atoms with E-state index in [1.54, 1.807) is 0 Å². The van der Waals surface area contributed by atoms with Gasteiger partial charge in [0.15, 0.2) is 11.5 Å². The second kappa shape index (κ2) is 7.52. The highest BCUT2D eigenvalue weighted by atomic mass is 16.6. The molecule has 1 aromatic rings. The third-order valence-electron chi connectivity index (χ3n) is 5.41. The zero-order valence-corrected chi connectivity index (χ0v) is 14.7. The number of hydrogen-bond acceptors (Lipinski definition) is 4. The van der Waals surface area contributed by atoms with E-state index in [-0.39, 0.29) is 6.03 Å². The average molecular weight is 345 g/mol. The van der Waals surface area contributed by atoms with Gasteiger partial charge in [-0.2, -0.15) is 0 Å². The summed E-state index contributed by atoms with van der Waals surface area (Å²) >= 11 is 0. The number of rotatable bonds is 3. The molecule has 6 heteroatoms. The maximum absolute atomic E-state index is 12.5. The lowest BCUT2D eigenvalue weighted by Crippen LogP contribution is -2.43. The molecule has 136 valence electrons. The Hall–Kier alpha value is -1.95. The largest absolute Gasteiger partial charge is 0.486 e. The lowest BCUT2D eigenvalue weighted by Gasteiger charge is -2.33. The summed E-state index contributed by atoms with van der Waals surface area (Å²) in [5.74, 6) is 2.18. The molecule has 2 fully saturated rings. The van der Waals surface area contributed by atoms with Crippen molar-refractivity contribution >= 4 is 11.7 Å². The molecule has 6 nitrogen and oxygen atoms in total. The van der Waals surface area contributed by atoms with E-state index in [0.29, 0.717) is 19.0 Å². The quantitative estimate of drug-likeness (QED) is 0.915. The zero-order valence-electron chi connectivity index (χ0n) is 14.7. The van der Waals surface area contributed by atoms with E-state index < -0.39 is 0 Å². The van der Waals surface area contributed by atoms with Gasteiger partial charge in [0.1, 0.15) is 13.2 Å². The highest BCUT2D eigenvalue weighted by molar-refractivity contribution is 5.89. The fourth-order valence-corrected chi connectivity index (χ4v) is 3.97. The minimum Gasteiger partial charge on any atom is -0.486 e. The number of urea groups is 1. The van der Waals surface area contributed by atoms with E-state index in [1.807, 2.05) is 23.1 Å². The number of nitrogens with zero attached hydrogens (tertiary/aromatic N) is 2. The van der Waals surface area contributed by atoms with Crippen LogP contribution in [0.25, 0.3) is 0 Å². The van der Waals surface area contributed by atoms with E-state index in [2.05, 4.69) is 10.2 Å². The van der Waals surface area contributed by atoms with Crippen molar-refractivity contribution in [3.05, 3.63) is 18.2 Å². The molecule has 0 spiro atoms. The van der Waals surface area contributed by atoms with Gasteiger partial charge in [0.25, 0.3) is 0 Å². The summed E-state index contributed by atoms with van der Waals surface area (Å²) in [5, 5.41) is 2.99. The first-order chi connectivity index (χ1) is 12.3. The van der Waals surface area contributed by atoms with Crippen LogP contribution in [0, 0.1) is 5.92 Å². The van der Waals surface area contributed by atoms with Crippen LogP contribution in [0.2, 0.25) is 0 Å². The van der Waals surface area contributed by atoms with Crippen LogP contribution < -0.4 is 14.8 Å². The molecular formula is C19H27N3O3. The van der Waals surface area contributed by atoms with Gasteiger partial charge in [0, 0.05) is 31.4 Å². The topological polar surface area (TPSA) is 54.0 Å². The Balaban J connectivity index is 1.27. The van der Waals surface area contributed by atoms with Crippen molar-refractivity contribution in [3.63, 3.8) is 0 Å². The first-order valence-electron chi connectivity index (χ1n) is 9.46. The lowest BCUT2D eigenvalue weighted by atomic mass is 9.96. The second-order valence-electron chi connectivity index (χ2n) is 7.23.